The highest BCUT2D eigenvalue weighted by Gasteiger charge is 2.30. The van der Waals surface area contributed by atoms with E-state index in [0.717, 1.165) is 10.9 Å². The van der Waals surface area contributed by atoms with E-state index in [4.69, 9.17) is 9.84 Å². The van der Waals surface area contributed by atoms with Crippen LogP contribution >= 0.6 is 0 Å². The van der Waals surface area contributed by atoms with Crippen molar-refractivity contribution >= 4 is 16.9 Å². The van der Waals surface area contributed by atoms with Gasteiger partial charge in [0, 0.05) is 6.07 Å². The Hall–Kier alpha value is -2.14. The first-order chi connectivity index (χ1) is 9.65. The predicted octanol–water partition coefficient (Wildman–Crippen LogP) is 1.63. The molecule has 1 saturated heterocycles. The summed E-state index contributed by atoms with van der Waals surface area (Å²) in [7, 11) is 0. The van der Waals surface area contributed by atoms with E-state index in [-0.39, 0.29) is 11.7 Å². The van der Waals surface area contributed by atoms with Crippen LogP contribution in [0, 0.1) is 0 Å². The number of para-hydroxylation sites is 1. The number of carboxylic acid groups (broad SMARTS) is 1. The quantitative estimate of drug-likeness (QED) is 0.923. The molecule has 0 bridgehead atoms. The second kappa shape index (κ2) is 5.09. The van der Waals surface area contributed by atoms with Crippen molar-refractivity contribution in [3.8, 4) is 0 Å². The van der Waals surface area contributed by atoms with Crippen molar-refractivity contribution in [3.05, 3.63) is 46.8 Å². The van der Waals surface area contributed by atoms with Gasteiger partial charge in [-0.05, 0) is 30.4 Å². The van der Waals surface area contributed by atoms with Gasteiger partial charge in [-0.3, -0.25) is 4.79 Å². The molecule has 2 unspecified atom stereocenters. The van der Waals surface area contributed by atoms with Crippen LogP contribution in [-0.4, -0.2) is 27.9 Å². The van der Waals surface area contributed by atoms with E-state index in [1.807, 2.05) is 24.3 Å². The molecule has 104 valence electrons. The minimum atomic E-state index is -0.933. The van der Waals surface area contributed by atoms with Crippen LogP contribution < -0.4 is 5.56 Å². The number of fused-ring (bicyclic) bond motifs is 1. The lowest BCUT2D eigenvalue weighted by atomic mass is 10.1. The summed E-state index contributed by atoms with van der Waals surface area (Å²) in [5.41, 5.74) is 0.758. The van der Waals surface area contributed by atoms with Crippen LogP contribution in [0.1, 0.15) is 12.8 Å². The van der Waals surface area contributed by atoms with Crippen molar-refractivity contribution in [1.29, 1.82) is 0 Å². The summed E-state index contributed by atoms with van der Waals surface area (Å²) in [6, 6.07) is 11.0. The summed E-state index contributed by atoms with van der Waals surface area (Å²) in [6.45, 7) is 0.393. The number of aromatic nitrogens is 1. The maximum absolute atomic E-state index is 12.0. The highest BCUT2D eigenvalue weighted by Crippen LogP contribution is 2.22. The highest BCUT2D eigenvalue weighted by atomic mass is 16.5. The largest absolute Gasteiger partial charge is 0.479 e. The molecule has 0 amide bonds. The molecule has 2 heterocycles. The number of aliphatic carboxylic acids is 1. The van der Waals surface area contributed by atoms with Gasteiger partial charge in [0.2, 0.25) is 0 Å². The van der Waals surface area contributed by atoms with Crippen molar-refractivity contribution in [2.75, 3.05) is 0 Å². The fraction of sp³-hybridized carbons (Fsp3) is 0.333. The average molecular weight is 273 g/mol. The van der Waals surface area contributed by atoms with E-state index in [1.165, 1.54) is 6.07 Å². The van der Waals surface area contributed by atoms with Crippen molar-refractivity contribution in [2.24, 2.45) is 0 Å². The Morgan fingerprint density at radius 1 is 1.25 bits per heavy atom. The molecular formula is C15H15NO4. The third-order valence-electron chi connectivity index (χ3n) is 3.67. The van der Waals surface area contributed by atoms with Gasteiger partial charge in [0.25, 0.3) is 5.56 Å². The predicted molar refractivity (Wildman–Crippen MR) is 73.7 cm³/mol. The number of hydrogen-bond acceptors (Lipinski definition) is 3. The molecule has 3 rings (SSSR count). The summed E-state index contributed by atoms with van der Waals surface area (Å²) >= 11 is 0. The molecule has 1 aromatic heterocycles. The van der Waals surface area contributed by atoms with E-state index >= 15 is 0 Å². The Balaban J connectivity index is 1.90. The van der Waals surface area contributed by atoms with Crippen LogP contribution in [0.3, 0.4) is 0 Å². The Morgan fingerprint density at radius 3 is 2.80 bits per heavy atom. The Kier molecular flexibility index (Phi) is 3.28. The molecule has 0 aliphatic carbocycles. The number of hydrogen-bond donors (Lipinski definition) is 1. The normalized spacial score (nSPS) is 22.2. The maximum Gasteiger partial charge on any atom is 0.332 e. The molecule has 5 nitrogen and oxygen atoms in total. The van der Waals surface area contributed by atoms with Crippen LogP contribution in [0.5, 0.6) is 0 Å². The fourth-order valence-corrected chi connectivity index (χ4v) is 2.66. The van der Waals surface area contributed by atoms with Crippen LogP contribution in [0.2, 0.25) is 0 Å². The van der Waals surface area contributed by atoms with E-state index < -0.39 is 12.1 Å². The third kappa shape index (κ3) is 2.32. The summed E-state index contributed by atoms with van der Waals surface area (Å²) in [4.78, 5) is 22.9. The molecule has 5 heteroatoms. The minimum Gasteiger partial charge on any atom is -0.479 e. The molecule has 2 aromatic rings. The molecule has 2 atom stereocenters. The van der Waals surface area contributed by atoms with Gasteiger partial charge in [-0.1, -0.05) is 18.2 Å². The van der Waals surface area contributed by atoms with Crippen molar-refractivity contribution in [2.45, 2.75) is 31.6 Å². The van der Waals surface area contributed by atoms with Crippen LogP contribution in [0.25, 0.3) is 10.9 Å². The molecular weight excluding hydrogens is 258 g/mol. The van der Waals surface area contributed by atoms with E-state index in [2.05, 4.69) is 0 Å². The Labute approximate surface area is 115 Å². The van der Waals surface area contributed by atoms with Gasteiger partial charge in [0.05, 0.1) is 18.2 Å². The molecule has 1 aliphatic rings. The van der Waals surface area contributed by atoms with E-state index in [1.54, 1.807) is 10.6 Å². The summed E-state index contributed by atoms with van der Waals surface area (Å²) in [6.07, 6.45) is 0.192. The van der Waals surface area contributed by atoms with Gasteiger partial charge < -0.3 is 14.4 Å². The molecule has 0 radical (unpaired) electrons. The lowest BCUT2D eigenvalue weighted by molar-refractivity contribution is -0.149. The SMILES string of the molecule is O=C(O)C1CCC(Cn2c(=O)ccc3ccccc32)O1. The summed E-state index contributed by atoms with van der Waals surface area (Å²) in [5, 5.41) is 9.92. The van der Waals surface area contributed by atoms with E-state index in [9.17, 15) is 9.59 Å². The minimum absolute atomic E-state index is 0.0916. The highest BCUT2D eigenvalue weighted by molar-refractivity contribution is 5.78. The van der Waals surface area contributed by atoms with Crippen LogP contribution in [0.15, 0.2) is 41.2 Å². The van der Waals surface area contributed by atoms with Crippen molar-refractivity contribution in [3.63, 3.8) is 0 Å². The molecule has 1 fully saturated rings. The molecule has 1 aromatic carbocycles. The zero-order valence-corrected chi connectivity index (χ0v) is 10.9. The second-order valence-corrected chi connectivity index (χ2v) is 5.00. The van der Waals surface area contributed by atoms with Crippen molar-refractivity contribution < 1.29 is 14.6 Å². The Morgan fingerprint density at radius 2 is 2.05 bits per heavy atom. The number of pyridine rings is 1. The Bertz CT molecular complexity index is 706. The first kappa shape index (κ1) is 12.9. The number of carboxylic acids is 1. The van der Waals surface area contributed by atoms with Gasteiger partial charge in [-0.2, -0.15) is 0 Å². The lowest BCUT2D eigenvalue weighted by Gasteiger charge is -2.15. The second-order valence-electron chi connectivity index (χ2n) is 5.00. The lowest BCUT2D eigenvalue weighted by Crippen LogP contribution is -2.28. The molecule has 20 heavy (non-hydrogen) atoms. The standard InChI is InChI=1S/C15H15NO4/c17-14-8-5-10-3-1-2-4-12(10)16(14)9-11-6-7-13(20-11)15(18)19/h1-5,8,11,13H,6-7,9H2,(H,18,19). The first-order valence-corrected chi connectivity index (χ1v) is 6.62. The monoisotopic (exact) mass is 273 g/mol. The molecule has 0 spiro atoms. The van der Waals surface area contributed by atoms with Crippen molar-refractivity contribution in [1.82, 2.24) is 4.57 Å². The zero-order valence-electron chi connectivity index (χ0n) is 10.9. The number of nitrogens with zero attached hydrogens (tertiary/aromatic N) is 1. The summed E-state index contributed by atoms with van der Waals surface area (Å²) < 4.78 is 7.13. The number of carbonyl (C=O) groups is 1. The first-order valence-electron chi connectivity index (χ1n) is 6.62. The van der Waals surface area contributed by atoms with Gasteiger partial charge in [0.1, 0.15) is 0 Å². The fourth-order valence-electron chi connectivity index (χ4n) is 2.66. The van der Waals surface area contributed by atoms with Gasteiger partial charge in [-0.25, -0.2) is 4.79 Å². The van der Waals surface area contributed by atoms with Gasteiger partial charge in [-0.15, -0.1) is 0 Å². The van der Waals surface area contributed by atoms with Crippen LogP contribution in [-0.2, 0) is 16.1 Å². The van der Waals surface area contributed by atoms with Gasteiger partial charge >= 0.3 is 5.97 Å². The number of benzene rings is 1. The topological polar surface area (TPSA) is 68.5 Å². The summed E-state index contributed by atoms with van der Waals surface area (Å²) in [5.74, 6) is -0.933. The molecule has 0 saturated carbocycles. The third-order valence-corrected chi connectivity index (χ3v) is 3.67. The van der Waals surface area contributed by atoms with Crippen LogP contribution in [0.4, 0.5) is 0 Å². The molecule has 1 aliphatic heterocycles. The molecule has 1 N–H and O–H groups in total. The number of rotatable bonds is 3. The zero-order chi connectivity index (χ0) is 14.1. The average Bonchev–Trinajstić information content (AvgIpc) is 2.91. The maximum atomic E-state index is 12.0. The number of ether oxygens (including phenoxy) is 1. The smallest absolute Gasteiger partial charge is 0.332 e. The van der Waals surface area contributed by atoms with Gasteiger partial charge in [0.15, 0.2) is 6.10 Å². The van der Waals surface area contributed by atoms with E-state index in [0.29, 0.717) is 19.4 Å².